The van der Waals surface area contributed by atoms with Crippen molar-refractivity contribution >= 4 is 28.0 Å². The monoisotopic (exact) mass is 440 g/mol. The molecule has 3 rings (SSSR count). The smallest absolute Gasteiger partial charge is 0.246 e. The average Bonchev–Trinajstić information content (AvgIpc) is 3.18. The first-order valence-electron chi connectivity index (χ1n) is 10.7. The van der Waals surface area contributed by atoms with Gasteiger partial charge in [-0.15, -0.1) is 0 Å². The van der Waals surface area contributed by atoms with Gasteiger partial charge in [-0.25, -0.2) is 0 Å². The Bertz CT molecular complexity index is 716. The number of allylic oxidation sites excluding steroid dienone is 2. The van der Waals surface area contributed by atoms with Crippen LogP contribution in [0.25, 0.3) is 0 Å². The Kier molecular flexibility index (Phi) is 7.02. The van der Waals surface area contributed by atoms with Crippen LogP contribution in [-0.4, -0.2) is 51.6 Å². The van der Waals surface area contributed by atoms with E-state index in [1.165, 1.54) is 34.7 Å². The Morgan fingerprint density at radius 2 is 2.03 bits per heavy atom. The molecule has 3 aliphatic carbocycles. The van der Waals surface area contributed by atoms with Crippen molar-refractivity contribution in [3.05, 3.63) is 22.8 Å². The zero-order valence-corrected chi connectivity index (χ0v) is 20.2. The van der Waals surface area contributed by atoms with Gasteiger partial charge < -0.3 is 14.9 Å². The summed E-state index contributed by atoms with van der Waals surface area (Å²) in [6, 6.07) is 0. The van der Waals surface area contributed by atoms with Gasteiger partial charge in [0.15, 0.2) is 0 Å². The maximum Gasteiger partial charge on any atom is 0.246 e. The lowest BCUT2D eigenvalue weighted by Crippen LogP contribution is -2.44. The molecular formula is C23H36O4S2. The normalized spacial score (nSPS) is 41.6. The zero-order chi connectivity index (χ0) is 21.6. The van der Waals surface area contributed by atoms with Gasteiger partial charge in [0.05, 0.1) is 17.5 Å². The van der Waals surface area contributed by atoms with Crippen LogP contribution in [0.3, 0.4) is 0 Å². The molecule has 2 N–H and O–H groups in total. The third kappa shape index (κ3) is 4.00. The third-order valence-electron chi connectivity index (χ3n) is 7.45. The zero-order valence-electron chi connectivity index (χ0n) is 18.5. The highest BCUT2D eigenvalue weighted by atomic mass is 32.2. The number of rotatable bonds is 4. The molecule has 1 saturated carbocycles. The Morgan fingerprint density at radius 3 is 2.62 bits per heavy atom. The van der Waals surface area contributed by atoms with Gasteiger partial charge in [-0.1, -0.05) is 68.4 Å². The van der Waals surface area contributed by atoms with Crippen LogP contribution in [0, 0.1) is 23.2 Å². The van der Waals surface area contributed by atoms with Gasteiger partial charge >= 0.3 is 0 Å². The van der Waals surface area contributed by atoms with Crippen LogP contribution in [0.2, 0.25) is 0 Å². The van der Waals surface area contributed by atoms with Gasteiger partial charge in [-0.3, -0.25) is 4.79 Å². The summed E-state index contributed by atoms with van der Waals surface area (Å²) in [5, 5.41) is 22.4. The van der Waals surface area contributed by atoms with Crippen molar-refractivity contribution in [1.29, 1.82) is 0 Å². The minimum Gasteiger partial charge on any atom is -0.390 e. The molecule has 0 spiro atoms. The number of aliphatic hydroxyl groups is 2. The summed E-state index contributed by atoms with van der Waals surface area (Å²) < 4.78 is 5.36. The molecule has 0 aliphatic heterocycles. The van der Waals surface area contributed by atoms with Crippen molar-refractivity contribution in [1.82, 2.24) is 0 Å². The molecule has 0 amide bonds. The average molecular weight is 441 g/mol. The summed E-state index contributed by atoms with van der Waals surface area (Å²) in [5.41, 5.74) is 3.25. The van der Waals surface area contributed by atoms with Crippen molar-refractivity contribution in [3.63, 3.8) is 0 Å². The fourth-order valence-electron chi connectivity index (χ4n) is 5.89. The second-order valence-electron chi connectivity index (χ2n) is 9.53. The number of hydrogen-bond donors (Lipinski definition) is 2. The molecule has 0 aromatic heterocycles. The van der Waals surface area contributed by atoms with Gasteiger partial charge in [0.1, 0.15) is 6.10 Å². The predicted molar refractivity (Wildman–Crippen MR) is 122 cm³/mol. The number of carbonyl (C=O) groups excluding carboxylic acids is 1. The second kappa shape index (κ2) is 8.70. The number of carbonyl (C=O) groups is 1. The van der Waals surface area contributed by atoms with E-state index in [4.69, 9.17) is 4.74 Å². The first kappa shape index (κ1) is 23.4. The van der Waals surface area contributed by atoms with Crippen molar-refractivity contribution in [3.8, 4) is 0 Å². The lowest BCUT2D eigenvalue weighted by atomic mass is 9.68. The van der Waals surface area contributed by atoms with Crippen molar-refractivity contribution in [2.45, 2.75) is 70.3 Å². The Balaban J connectivity index is 2.19. The van der Waals surface area contributed by atoms with Gasteiger partial charge in [-0.2, -0.15) is 0 Å². The summed E-state index contributed by atoms with van der Waals surface area (Å²) in [6.07, 6.45) is 6.20. The molecule has 0 aromatic carbocycles. The van der Waals surface area contributed by atoms with E-state index >= 15 is 0 Å². The molecule has 1 fully saturated rings. The van der Waals surface area contributed by atoms with Gasteiger partial charge in [0, 0.05) is 12.5 Å². The largest absolute Gasteiger partial charge is 0.390 e. The van der Waals surface area contributed by atoms with Crippen LogP contribution in [0.15, 0.2) is 22.8 Å². The highest BCUT2D eigenvalue weighted by Crippen LogP contribution is 2.59. The highest BCUT2D eigenvalue weighted by molar-refractivity contribution is 8.38. The summed E-state index contributed by atoms with van der Waals surface area (Å²) in [4.78, 5) is 12.5. The molecular weight excluding hydrogens is 404 g/mol. The first-order valence-corrected chi connectivity index (χ1v) is 12.7. The first-order chi connectivity index (χ1) is 13.6. The minimum absolute atomic E-state index is 0.0778. The van der Waals surface area contributed by atoms with Crippen LogP contribution < -0.4 is 0 Å². The third-order valence-corrected chi connectivity index (χ3v) is 9.64. The van der Waals surface area contributed by atoms with Crippen LogP contribution in [0.1, 0.15) is 53.4 Å². The van der Waals surface area contributed by atoms with E-state index < -0.39 is 12.2 Å². The molecule has 0 aromatic rings. The standard InChI is InChI=1S/C23H36O4S2/c1-13(2)15-7-9-22(4)11-17-16(14(3)19(24)20(25)18(15)22)8-10-23(17,12-27-5)29-21(26)28-6/h11,13-14,16,19-20,24-25H,7-10,12H2,1-6H3/b17-11+/t14-,16+,19-,20-,22-,23+/m1/s1. The van der Waals surface area contributed by atoms with E-state index in [-0.39, 0.29) is 26.4 Å². The van der Waals surface area contributed by atoms with Crippen LogP contribution in [-0.2, 0) is 4.74 Å². The van der Waals surface area contributed by atoms with E-state index in [0.717, 1.165) is 31.3 Å². The van der Waals surface area contributed by atoms with Crippen LogP contribution in [0.5, 0.6) is 0 Å². The van der Waals surface area contributed by atoms with Crippen molar-refractivity contribution in [2.75, 3.05) is 20.0 Å². The molecule has 6 heteroatoms. The van der Waals surface area contributed by atoms with E-state index in [0.29, 0.717) is 12.5 Å². The van der Waals surface area contributed by atoms with E-state index in [1.807, 2.05) is 13.2 Å². The second-order valence-corrected chi connectivity index (χ2v) is 11.9. The molecule has 29 heavy (non-hydrogen) atoms. The molecule has 0 radical (unpaired) electrons. The summed E-state index contributed by atoms with van der Waals surface area (Å²) in [6.45, 7) is 9.07. The lowest BCUT2D eigenvalue weighted by Gasteiger charge is -2.42. The summed E-state index contributed by atoms with van der Waals surface area (Å²) >= 11 is 2.65. The number of thioether (sulfide) groups is 2. The SMILES string of the molecule is COC[C@@]1(SC(=O)SC)CC[C@@H]2/C1=C\[C@@]1(C)CCC(C(C)C)=C1[C@@H](O)[C@H](O)[C@@H]2C. The fraction of sp³-hybridized carbons (Fsp3) is 0.783. The van der Waals surface area contributed by atoms with E-state index in [1.54, 1.807) is 7.11 Å². The van der Waals surface area contributed by atoms with E-state index in [2.05, 4.69) is 26.8 Å². The van der Waals surface area contributed by atoms with Crippen LogP contribution in [0.4, 0.5) is 4.79 Å². The molecule has 164 valence electrons. The topological polar surface area (TPSA) is 66.8 Å². The number of hydrogen-bond acceptors (Lipinski definition) is 6. The molecule has 0 unspecified atom stereocenters. The molecule has 0 saturated heterocycles. The Labute approximate surface area is 183 Å². The number of methoxy groups -OCH3 is 1. The molecule has 6 atom stereocenters. The maximum atomic E-state index is 12.5. The summed E-state index contributed by atoms with van der Waals surface area (Å²) in [7, 11) is 1.70. The number of aliphatic hydroxyl groups excluding tert-OH is 2. The van der Waals surface area contributed by atoms with Crippen LogP contribution >= 0.6 is 23.5 Å². The van der Waals surface area contributed by atoms with Crippen molar-refractivity contribution < 1.29 is 19.7 Å². The Morgan fingerprint density at radius 1 is 1.34 bits per heavy atom. The number of ether oxygens (including phenoxy) is 1. The maximum absolute atomic E-state index is 12.5. The lowest BCUT2D eigenvalue weighted by molar-refractivity contribution is -0.0146. The molecule has 0 bridgehead atoms. The predicted octanol–water partition coefficient (Wildman–Crippen LogP) is 5.05. The van der Waals surface area contributed by atoms with Gasteiger partial charge in [-0.05, 0) is 55.3 Å². The highest BCUT2D eigenvalue weighted by Gasteiger charge is 2.53. The quantitative estimate of drug-likeness (QED) is 0.597. The van der Waals surface area contributed by atoms with Gasteiger partial charge in [0.25, 0.3) is 0 Å². The number of fused-ring (bicyclic) bond motifs is 2. The fourth-order valence-corrected chi connectivity index (χ4v) is 7.74. The van der Waals surface area contributed by atoms with Gasteiger partial charge in [0.2, 0.25) is 4.45 Å². The molecule has 4 nitrogen and oxygen atoms in total. The molecule has 0 heterocycles. The minimum atomic E-state index is -0.828. The van der Waals surface area contributed by atoms with Crippen molar-refractivity contribution in [2.24, 2.45) is 23.2 Å². The Hall–Kier alpha value is -0.270. The van der Waals surface area contributed by atoms with E-state index in [9.17, 15) is 15.0 Å². The summed E-state index contributed by atoms with van der Waals surface area (Å²) in [5.74, 6) is 0.418. The molecule has 3 aliphatic rings.